The van der Waals surface area contributed by atoms with Gasteiger partial charge in [-0.25, -0.2) is 0 Å². The molecule has 0 heterocycles. The molecule has 0 aliphatic heterocycles. The predicted octanol–water partition coefficient (Wildman–Crippen LogP) is -0.253. The molecule has 0 saturated carbocycles. The number of hydrogen-bond acceptors (Lipinski definition) is 2. The zero-order valence-corrected chi connectivity index (χ0v) is 5.98. The number of likely N-dealkylation sites (N-methyl/N-ethyl adjacent to an activating group) is 1. The van der Waals surface area contributed by atoms with Crippen molar-refractivity contribution in [3.05, 3.63) is 0 Å². The molecule has 53 valence electrons. The Hall–Kier alpha value is -0.570. The Labute approximate surface area is 55.8 Å². The summed E-state index contributed by atoms with van der Waals surface area (Å²) in [5.41, 5.74) is 0. The van der Waals surface area contributed by atoms with Gasteiger partial charge in [-0.05, 0) is 7.05 Å². The van der Waals surface area contributed by atoms with E-state index in [9.17, 15) is 4.79 Å². The molecule has 1 amide bonds. The van der Waals surface area contributed by atoms with Crippen LogP contribution >= 0.6 is 0 Å². The highest BCUT2D eigenvalue weighted by Crippen LogP contribution is 1.74. The highest BCUT2D eigenvalue weighted by molar-refractivity contribution is 5.75. The van der Waals surface area contributed by atoms with E-state index in [1.165, 1.54) is 0 Å². The number of amides is 1. The first-order valence-corrected chi connectivity index (χ1v) is 3.16. The van der Waals surface area contributed by atoms with Crippen molar-refractivity contribution < 1.29 is 4.79 Å². The van der Waals surface area contributed by atoms with Crippen LogP contribution in [0.25, 0.3) is 0 Å². The molecular formula is C6H13N2O. The maximum absolute atomic E-state index is 10.5. The van der Waals surface area contributed by atoms with E-state index >= 15 is 0 Å². The Morgan fingerprint density at radius 1 is 1.67 bits per heavy atom. The number of nitrogens with one attached hydrogen (secondary N) is 1. The van der Waals surface area contributed by atoms with Crippen LogP contribution < -0.4 is 10.6 Å². The van der Waals surface area contributed by atoms with Gasteiger partial charge in [0, 0.05) is 13.0 Å². The zero-order chi connectivity index (χ0) is 7.11. The Balaban J connectivity index is 2.97. The van der Waals surface area contributed by atoms with E-state index in [2.05, 4.69) is 10.6 Å². The van der Waals surface area contributed by atoms with Gasteiger partial charge in [0.15, 0.2) is 0 Å². The molecule has 0 fully saturated rings. The summed E-state index contributed by atoms with van der Waals surface area (Å²) in [6, 6.07) is 0. The van der Waals surface area contributed by atoms with Crippen LogP contribution in [0.15, 0.2) is 0 Å². The summed E-state index contributed by atoms with van der Waals surface area (Å²) in [5.74, 6) is -0.00903. The van der Waals surface area contributed by atoms with E-state index in [0.717, 1.165) is 6.54 Å². The van der Waals surface area contributed by atoms with Gasteiger partial charge in [-0.3, -0.25) is 10.1 Å². The molecule has 0 bridgehead atoms. The zero-order valence-electron chi connectivity index (χ0n) is 5.98. The minimum absolute atomic E-state index is 0.00903. The molecule has 0 saturated heterocycles. The van der Waals surface area contributed by atoms with Crippen molar-refractivity contribution in [1.82, 2.24) is 10.6 Å². The fourth-order valence-electron chi connectivity index (χ4n) is 0.404. The van der Waals surface area contributed by atoms with Gasteiger partial charge in [-0.1, -0.05) is 6.92 Å². The van der Waals surface area contributed by atoms with Crippen molar-refractivity contribution in [2.45, 2.75) is 13.3 Å². The molecule has 0 aromatic heterocycles. The molecular weight excluding hydrogens is 116 g/mol. The molecule has 1 N–H and O–H groups in total. The Kier molecular flexibility index (Phi) is 5.21. The van der Waals surface area contributed by atoms with Gasteiger partial charge in [0.05, 0.1) is 6.54 Å². The summed E-state index contributed by atoms with van der Waals surface area (Å²) in [4.78, 5) is 10.5. The van der Waals surface area contributed by atoms with Gasteiger partial charge >= 0.3 is 0 Å². The standard InChI is InChI=1S/C6H13N2O/c1-3-6(9)8-5-4-7-2/h7H,3-5H2,1-2H3. The van der Waals surface area contributed by atoms with Crippen LogP contribution in [-0.2, 0) is 4.79 Å². The third-order valence-electron chi connectivity index (χ3n) is 0.952. The summed E-state index contributed by atoms with van der Waals surface area (Å²) >= 11 is 0. The largest absolute Gasteiger partial charge is 0.318 e. The highest BCUT2D eigenvalue weighted by Gasteiger charge is 1.94. The van der Waals surface area contributed by atoms with Gasteiger partial charge in [-0.15, -0.1) is 0 Å². The number of hydrogen-bond donors (Lipinski definition) is 1. The third kappa shape index (κ3) is 5.30. The van der Waals surface area contributed by atoms with Crippen molar-refractivity contribution in [1.29, 1.82) is 0 Å². The van der Waals surface area contributed by atoms with Gasteiger partial charge in [-0.2, -0.15) is 0 Å². The fourth-order valence-corrected chi connectivity index (χ4v) is 0.404. The molecule has 3 nitrogen and oxygen atoms in total. The van der Waals surface area contributed by atoms with E-state index in [1.807, 2.05) is 14.0 Å². The topological polar surface area (TPSA) is 43.2 Å². The minimum atomic E-state index is -0.00903. The lowest BCUT2D eigenvalue weighted by Crippen LogP contribution is -2.23. The van der Waals surface area contributed by atoms with Gasteiger partial charge in [0.2, 0.25) is 5.91 Å². The van der Waals surface area contributed by atoms with Crippen LogP contribution in [0.4, 0.5) is 0 Å². The molecule has 0 atom stereocenters. The van der Waals surface area contributed by atoms with E-state index in [4.69, 9.17) is 0 Å². The highest BCUT2D eigenvalue weighted by atomic mass is 16.1. The number of carbonyl (C=O) groups is 1. The predicted molar refractivity (Wildman–Crippen MR) is 36.2 cm³/mol. The van der Waals surface area contributed by atoms with Gasteiger partial charge in [0.25, 0.3) is 0 Å². The SMILES string of the molecule is CCC(=O)[N]CCNC. The Morgan fingerprint density at radius 2 is 2.33 bits per heavy atom. The minimum Gasteiger partial charge on any atom is -0.318 e. The van der Waals surface area contributed by atoms with E-state index in [0.29, 0.717) is 13.0 Å². The average Bonchev–Trinajstić information content (AvgIpc) is 1.89. The third-order valence-corrected chi connectivity index (χ3v) is 0.952. The van der Waals surface area contributed by atoms with E-state index in [-0.39, 0.29) is 5.91 Å². The summed E-state index contributed by atoms with van der Waals surface area (Å²) in [7, 11) is 1.84. The Bertz CT molecular complexity index is 83.1. The maximum Gasteiger partial charge on any atom is 0.240 e. The Morgan fingerprint density at radius 3 is 2.78 bits per heavy atom. The fraction of sp³-hybridized carbons (Fsp3) is 0.833. The molecule has 1 radical (unpaired) electrons. The lowest BCUT2D eigenvalue weighted by Gasteiger charge is -1.96. The molecule has 0 aliphatic carbocycles. The summed E-state index contributed by atoms with van der Waals surface area (Å²) in [6.45, 7) is 3.19. The monoisotopic (exact) mass is 129 g/mol. The molecule has 0 aromatic rings. The summed E-state index contributed by atoms with van der Waals surface area (Å²) in [6.07, 6.45) is 0.518. The molecule has 9 heavy (non-hydrogen) atoms. The molecule has 0 aromatic carbocycles. The summed E-state index contributed by atoms with van der Waals surface area (Å²) in [5, 5.41) is 6.63. The normalized spacial score (nSPS) is 9.11. The molecule has 3 heteroatoms. The second kappa shape index (κ2) is 5.56. The first kappa shape index (κ1) is 8.43. The first-order valence-electron chi connectivity index (χ1n) is 3.16. The van der Waals surface area contributed by atoms with Crippen molar-refractivity contribution in [3.8, 4) is 0 Å². The molecule has 0 unspecified atom stereocenters. The van der Waals surface area contributed by atoms with Crippen LogP contribution in [0.5, 0.6) is 0 Å². The number of nitrogens with zero attached hydrogens (tertiary/aromatic N) is 1. The van der Waals surface area contributed by atoms with E-state index in [1.54, 1.807) is 0 Å². The van der Waals surface area contributed by atoms with Crippen LogP contribution in [-0.4, -0.2) is 26.0 Å². The average molecular weight is 129 g/mol. The van der Waals surface area contributed by atoms with Crippen molar-refractivity contribution in [3.63, 3.8) is 0 Å². The van der Waals surface area contributed by atoms with E-state index < -0.39 is 0 Å². The smallest absolute Gasteiger partial charge is 0.240 e. The number of rotatable bonds is 4. The first-order chi connectivity index (χ1) is 4.31. The van der Waals surface area contributed by atoms with Crippen molar-refractivity contribution >= 4 is 5.91 Å². The molecule has 0 rings (SSSR count). The van der Waals surface area contributed by atoms with Gasteiger partial charge < -0.3 is 5.32 Å². The lowest BCUT2D eigenvalue weighted by molar-refractivity contribution is -0.121. The van der Waals surface area contributed by atoms with Crippen molar-refractivity contribution in [2.75, 3.05) is 20.1 Å². The lowest BCUT2D eigenvalue weighted by atomic mass is 10.4. The van der Waals surface area contributed by atoms with Crippen LogP contribution in [0.1, 0.15) is 13.3 Å². The quantitative estimate of drug-likeness (QED) is 0.532. The van der Waals surface area contributed by atoms with Crippen molar-refractivity contribution in [2.24, 2.45) is 0 Å². The summed E-state index contributed by atoms with van der Waals surface area (Å²) < 4.78 is 0. The van der Waals surface area contributed by atoms with Gasteiger partial charge in [0.1, 0.15) is 0 Å². The van der Waals surface area contributed by atoms with Crippen LogP contribution in [0.3, 0.4) is 0 Å². The number of carbonyl (C=O) groups excluding carboxylic acids is 1. The molecule has 0 spiro atoms. The second-order valence-corrected chi connectivity index (χ2v) is 1.73. The van der Waals surface area contributed by atoms with Crippen LogP contribution in [0.2, 0.25) is 0 Å². The second-order valence-electron chi connectivity index (χ2n) is 1.73. The maximum atomic E-state index is 10.5. The molecule has 0 aliphatic rings. The van der Waals surface area contributed by atoms with Crippen LogP contribution in [0, 0.1) is 0 Å².